The van der Waals surface area contributed by atoms with Gasteiger partial charge in [-0.1, -0.05) is 13.0 Å². The molecule has 0 saturated carbocycles. The zero-order chi connectivity index (χ0) is 12.2. The highest BCUT2D eigenvalue weighted by atomic mass is 16.5. The maximum atomic E-state index is 6.00. The Morgan fingerprint density at radius 1 is 1.12 bits per heavy atom. The van der Waals surface area contributed by atoms with Crippen molar-refractivity contribution in [2.24, 2.45) is 0 Å². The van der Waals surface area contributed by atoms with E-state index in [1.807, 2.05) is 0 Å². The maximum Gasteiger partial charge on any atom is 0.120 e. The quantitative estimate of drug-likeness (QED) is 0.825. The molecular formula is C14H23NO. The van der Waals surface area contributed by atoms with Gasteiger partial charge in [-0.3, -0.25) is 0 Å². The normalized spacial score (nSPS) is 11.6. The second-order valence-electron chi connectivity index (χ2n) is 4.97. The molecule has 0 bridgehead atoms. The summed E-state index contributed by atoms with van der Waals surface area (Å²) in [4.78, 5) is 0. The molecule has 2 nitrogen and oxygen atoms in total. The molecule has 0 spiro atoms. The van der Waals surface area contributed by atoms with Gasteiger partial charge in [0.05, 0.1) is 0 Å². The van der Waals surface area contributed by atoms with Crippen molar-refractivity contribution in [3.05, 3.63) is 29.3 Å². The predicted octanol–water partition coefficient (Wildman–Crippen LogP) is 3.07. The molecule has 0 heterocycles. The Balaban J connectivity index is 2.71. The average Bonchev–Trinajstić information content (AvgIpc) is 2.12. The van der Waals surface area contributed by atoms with Gasteiger partial charge in [-0.25, -0.2) is 0 Å². The Morgan fingerprint density at radius 2 is 1.69 bits per heavy atom. The molecule has 0 atom stereocenters. The van der Waals surface area contributed by atoms with Crippen molar-refractivity contribution >= 4 is 0 Å². The van der Waals surface area contributed by atoms with Crippen LogP contribution in [0.5, 0.6) is 5.75 Å². The minimum atomic E-state index is -0.170. The first-order valence-corrected chi connectivity index (χ1v) is 5.91. The first-order chi connectivity index (χ1) is 7.43. The molecule has 0 saturated heterocycles. The summed E-state index contributed by atoms with van der Waals surface area (Å²) in [5.74, 6) is 0.959. The molecule has 0 aliphatic carbocycles. The van der Waals surface area contributed by atoms with Gasteiger partial charge in [0, 0.05) is 6.54 Å². The number of ether oxygens (including phenoxy) is 1. The predicted molar refractivity (Wildman–Crippen MR) is 69.2 cm³/mol. The third-order valence-electron chi connectivity index (χ3n) is 2.39. The fourth-order valence-corrected chi connectivity index (χ4v) is 1.77. The molecule has 1 aromatic rings. The lowest BCUT2D eigenvalue weighted by Crippen LogP contribution is -2.40. The Kier molecular flexibility index (Phi) is 4.36. The summed E-state index contributed by atoms with van der Waals surface area (Å²) in [6.45, 7) is 12.3. The monoisotopic (exact) mass is 221 g/mol. The molecule has 0 aromatic heterocycles. The maximum absolute atomic E-state index is 6.00. The van der Waals surface area contributed by atoms with Crippen LogP contribution in [0, 0.1) is 13.8 Å². The molecule has 1 rings (SSSR count). The highest BCUT2D eigenvalue weighted by Gasteiger charge is 2.19. The minimum Gasteiger partial charge on any atom is -0.487 e. The Hall–Kier alpha value is -1.02. The molecule has 90 valence electrons. The molecule has 2 heteroatoms. The summed E-state index contributed by atoms with van der Waals surface area (Å²) in [6, 6.07) is 6.32. The summed E-state index contributed by atoms with van der Waals surface area (Å²) in [7, 11) is 0. The van der Waals surface area contributed by atoms with E-state index < -0.39 is 0 Å². The van der Waals surface area contributed by atoms with E-state index in [0.717, 1.165) is 18.8 Å². The molecule has 0 unspecified atom stereocenters. The summed E-state index contributed by atoms with van der Waals surface area (Å²) in [5, 5.41) is 3.31. The zero-order valence-corrected chi connectivity index (χ0v) is 11.1. The van der Waals surface area contributed by atoms with Gasteiger partial charge in [0.25, 0.3) is 0 Å². The van der Waals surface area contributed by atoms with Crippen LogP contribution >= 0.6 is 0 Å². The van der Waals surface area contributed by atoms with Gasteiger partial charge in [-0.05, 0) is 57.5 Å². The van der Waals surface area contributed by atoms with Crippen molar-refractivity contribution in [1.29, 1.82) is 0 Å². The van der Waals surface area contributed by atoms with Crippen LogP contribution in [-0.2, 0) is 0 Å². The van der Waals surface area contributed by atoms with E-state index in [4.69, 9.17) is 4.74 Å². The molecule has 0 radical (unpaired) electrons. The van der Waals surface area contributed by atoms with Crippen LogP contribution in [0.3, 0.4) is 0 Å². The fraction of sp³-hybridized carbons (Fsp3) is 0.571. The number of hydrogen-bond donors (Lipinski definition) is 1. The van der Waals surface area contributed by atoms with E-state index >= 15 is 0 Å². The first-order valence-electron chi connectivity index (χ1n) is 5.91. The Morgan fingerprint density at radius 3 is 2.19 bits per heavy atom. The summed E-state index contributed by atoms with van der Waals surface area (Å²) in [6.07, 6.45) is 0. The minimum absolute atomic E-state index is 0.170. The third kappa shape index (κ3) is 4.23. The molecule has 0 aliphatic rings. The lowest BCUT2D eigenvalue weighted by molar-refractivity contribution is 0.108. The number of aryl methyl sites for hydroxylation is 2. The SMILES string of the molecule is CCNCC(C)(C)Oc1cc(C)cc(C)c1. The number of likely N-dealkylation sites (N-methyl/N-ethyl adjacent to an activating group) is 1. The van der Waals surface area contributed by atoms with Gasteiger partial charge >= 0.3 is 0 Å². The molecule has 16 heavy (non-hydrogen) atoms. The van der Waals surface area contributed by atoms with Crippen molar-refractivity contribution in [1.82, 2.24) is 5.32 Å². The van der Waals surface area contributed by atoms with Crippen LogP contribution < -0.4 is 10.1 Å². The van der Waals surface area contributed by atoms with Crippen molar-refractivity contribution < 1.29 is 4.74 Å². The van der Waals surface area contributed by atoms with Crippen molar-refractivity contribution in [3.8, 4) is 5.75 Å². The number of hydrogen-bond acceptors (Lipinski definition) is 2. The Bertz CT molecular complexity index is 324. The largest absolute Gasteiger partial charge is 0.487 e. The lowest BCUT2D eigenvalue weighted by atomic mass is 10.1. The van der Waals surface area contributed by atoms with E-state index in [2.05, 4.69) is 58.1 Å². The van der Waals surface area contributed by atoms with Gasteiger partial charge in [-0.15, -0.1) is 0 Å². The molecule has 1 aromatic carbocycles. The van der Waals surface area contributed by atoms with Gasteiger partial charge < -0.3 is 10.1 Å². The van der Waals surface area contributed by atoms with E-state index in [0.29, 0.717) is 0 Å². The van der Waals surface area contributed by atoms with Crippen molar-refractivity contribution in [2.75, 3.05) is 13.1 Å². The molecule has 0 amide bonds. The highest BCUT2D eigenvalue weighted by Crippen LogP contribution is 2.21. The lowest BCUT2D eigenvalue weighted by Gasteiger charge is -2.27. The number of benzene rings is 1. The molecule has 0 aliphatic heterocycles. The van der Waals surface area contributed by atoms with Crippen LogP contribution in [-0.4, -0.2) is 18.7 Å². The number of nitrogens with one attached hydrogen (secondary N) is 1. The van der Waals surface area contributed by atoms with E-state index in [1.54, 1.807) is 0 Å². The van der Waals surface area contributed by atoms with E-state index in [9.17, 15) is 0 Å². The Labute approximate surface area is 99.0 Å². The summed E-state index contributed by atoms with van der Waals surface area (Å²) < 4.78 is 6.00. The van der Waals surface area contributed by atoms with Gasteiger partial charge in [0.1, 0.15) is 11.4 Å². The van der Waals surface area contributed by atoms with Gasteiger partial charge in [0.15, 0.2) is 0 Å². The van der Waals surface area contributed by atoms with Crippen molar-refractivity contribution in [3.63, 3.8) is 0 Å². The van der Waals surface area contributed by atoms with Crippen molar-refractivity contribution in [2.45, 2.75) is 40.2 Å². The van der Waals surface area contributed by atoms with Crippen LogP contribution in [0.4, 0.5) is 0 Å². The standard InChI is InChI=1S/C14H23NO/c1-6-15-10-14(4,5)16-13-8-11(2)7-12(3)9-13/h7-9,15H,6,10H2,1-5H3. The van der Waals surface area contributed by atoms with Crippen LogP contribution in [0.25, 0.3) is 0 Å². The van der Waals surface area contributed by atoms with Crippen LogP contribution in [0.1, 0.15) is 31.9 Å². The highest BCUT2D eigenvalue weighted by molar-refractivity contribution is 5.33. The van der Waals surface area contributed by atoms with E-state index in [1.165, 1.54) is 11.1 Å². The fourth-order valence-electron chi connectivity index (χ4n) is 1.77. The second-order valence-corrected chi connectivity index (χ2v) is 4.97. The molecule has 1 N–H and O–H groups in total. The van der Waals surface area contributed by atoms with Gasteiger partial charge in [0.2, 0.25) is 0 Å². The van der Waals surface area contributed by atoms with Gasteiger partial charge in [-0.2, -0.15) is 0 Å². The first kappa shape index (κ1) is 13.0. The van der Waals surface area contributed by atoms with E-state index in [-0.39, 0.29) is 5.60 Å². The summed E-state index contributed by atoms with van der Waals surface area (Å²) >= 11 is 0. The molecule has 0 fully saturated rings. The molecular weight excluding hydrogens is 198 g/mol. The topological polar surface area (TPSA) is 21.3 Å². The zero-order valence-electron chi connectivity index (χ0n) is 11.1. The summed E-state index contributed by atoms with van der Waals surface area (Å²) in [5.41, 5.74) is 2.32. The van der Waals surface area contributed by atoms with Crippen LogP contribution in [0.2, 0.25) is 0 Å². The second kappa shape index (κ2) is 5.35. The number of rotatable bonds is 5. The average molecular weight is 221 g/mol. The smallest absolute Gasteiger partial charge is 0.120 e. The van der Waals surface area contributed by atoms with Crippen LogP contribution in [0.15, 0.2) is 18.2 Å². The third-order valence-corrected chi connectivity index (χ3v) is 2.39.